The highest BCUT2D eigenvalue weighted by atomic mass is 16.2. The molecule has 0 bridgehead atoms. The topological polar surface area (TPSA) is 67.2 Å². The van der Waals surface area contributed by atoms with Crippen LogP contribution in [0.2, 0.25) is 0 Å². The van der Waals surface area contributed by atoms with Gasteiger partial charge in [-0.25, -0.2) is 4.98 Å². The highest BCUT2D eigenvalue weighted by Crippen LogP contribution is 2.22. The second-order valence-electron chi connectivity index (χ2n) is 6.86. The van der Waals surface area contributed by atoms with Crippen LogP contribution in [0.5, 0.6) is 0 Å². The molecule has 1 aromatic carbocycles. The number of aromatic nitrogens is 2. The highest BCUT2D eigenvalue weighted by Gasteiger charge is 2.23. The first-order chi connectivity index (χ1) is 12.1. The third-order valence-electron chi connectivity index (χ3n) is 4.96. The summed E-state index contributed by atoms with van der Waals surface area (Å²) in [6.45, 7) is 3.52. The van der Waals surface area contributed by atoms with E-state index in [-0.39, 0.29) is 17.9 Å². The van der Waals surface area contributed by atoms with Crippen molar-refractivity contribution in [2.75, 3.05) is 11.4 Å². The number of benzene rings is 1. The fraction of sp³-hybridized carbons (Fsp3) is 0.421. The van der Waals surface area contributed by atoms with E-state index in [1.807, 2.05) is 25.3 Å². The number of hydrogen-bond acceptors (Lipinski definition) is 3. The van der Waals surface area contributed by atoms with Crippen LogP contribution < -0.4 is 10.2 Å². The Labute approximate surface area is 146 Å². The van der Waals surface area contributed by atoms with E-state index in [4.69, 9.17) is 0 Å². The molecule has 6 heteroatoms. The molecule has 0 radical (unpaired) electrons. The molecule has 130 valence electrons. The van der Waals surface area contributed by atoms with Crippen LogP contribution in [0.3, 0.4) is 0 Å². The summed E-state index contributed by atoms with van der Waals surface area (Å²) in [7, 11) is 0. The molecule has 6 nitrogen and oxygen atoms in total. The first-order valence-corrected chi connectivity index (χ1v) is 8.84. The SMILES string of the molecule is Cc1cn2c(n1)CCC(NC(=O)c1ccc(N3CCCC3=O)cc1)C2. The summed E-state index contributed by atoms with van der Waals surface area (Å²) >= 11 is 0. The Balaban J connectivity index is 1.40. The van der Waals surface area contributed by atoms with Gasteiger partial charge in [-0.2, -0.15) is 0 Å². The van der Waals surface area contributed by atoms with E-state index in [1.54, 1.807) is 17.0 Å². The van der Waals surface area contributed by atoms with Gasteiger partial charge in [0, 0.05) is 49.4 Å². The van der Waals surface area contributed by atoms with E-state index >= 15 is 0 Å². The smallest absolute Gasteiger partial charge is 0.251 e. The monoisotopic (exact) mass is 338 g/mol. The van der Waals surface area contributed by atoms with Gasteiger partial charge in [-0.15, -0.1) is 0 Å². The third kappa shape index (κ3) is 3.16. The maximum Gasteiger partial charge on any atom is 0.251 e. The molecule has 1 unspecified atom stereocenters. The molecule has 3 heterocycles. The van der Waals surface area contributed by atoms with Gasteiger partial charge < -0.3 is 14.8 Å². The molecule has 4 rings (SSSR count). The van der Waals surface area contributed by atoms with Gasteiger partial charge in [-0.1, -0.05) is 0 Å². The molecule has 1 atom stereocenters. The van der Waals surface area contributed by atoms with Crippen molar-refractivity contribution in [1.29, 1.82) is 0 Å². The van der Waals surface area contributed by atoms with Gasteiger partial charge in [0.2, 0.25) is 5.91 Å². The third-order valence-corrected chi connectivity index (χ3v) is 4.96. The van der Waals surface area contributed by atoms with Crippen LogP contribution in [0, 0.1) is 6.92 Å². The zero-order valence-electron chi connectivity index (χ0n) is 14.4. The number of amides is 2. The van der Waals surface area contributed by atoms with Crippen molar-refractivity contribution in [3.05, 3.63) is 47.5 Å². The molecule has 1 aromatic heterocycles. The average Bonchev–Trinajstić information content (AvgIpc) is 3.19. The summed E-state index contributed by atoms with van der Waals surface area (Å²) in [6.07, 6.45) is 5.34. The first-order valence-electron chi connectivity index (χ1n) is 8.84. The Bertz CT molecular complexity index is 809. The van der Waals surface area contributed by atoms with E-state index < -0.39 is 0 Å². The van der Waals surface area contributed by atoms with Gasteiger partial charge in [0.15, 0.2) is 0 Å². The lowest BCUT2D eigenvalue weighted by atomic mass is 10.1. The number of carbonyl (C=O) groups excluding carboxylic acids is 2. The van der Waals surface area contributed by atoms with Crippen molar-refractivity contribution in [2.45, 2.75) is 45.2 Å². The Morgan fingerprint density at radius 2 is 2.04 bits per heavy atom. The van der Waals surface area contributed by atoms with Crippen molar-refractivity contribution >= 4 is 17.5 Å². The first kappa shape index (κ1) is 15.9. The number of carbonyl (C=O) groups is 2. The minimum atomic E-state index is -0.0652. The van der Waals surface area contributed by atoms with Crippen LogP contribution in [0.1, 0.15) is 41.1 Å². The zero-order chi connectivity index (χ0) is 17.4. The van der Waals surface area contributed by atoms with E-state index in [0.717, 1.165) is 49.6 Å². The van der Waals surface area contributed by atoms with E-state index in [0.29, 0.717) is 12.0 Å². The predicted octanol–water partition coefficient (Wildman–Crippen LogP) is 2.06. The molecule has 1 saturated heterocycles. The molecule has 0 aliphatic carbocycles. The Kier molecular flexibility index (Phi) is 4.03. The Morgan fingerprint density at radius 1 is 1.24 bits per heavy atom. The van der Waals surface area contributed by atoms with Crippen LogP contribution in [0.25, 0.3) is 0 Å². The van der Waals surface area contributed by atoms with Crippen molar-refractivity contribution < 1.29 is 9.59 Å². The molecule has 1 fully saturated rings. The summed E-state index contributed by atoms with van der Waals surface area (Å²) in [5.74, 6) is 1.19. The summed E-state index contributed by atoms with van der Waals surface area (Å²) in [5.41, 5.74) is 2.52. The van der Waals surface area contributed by atoms with Crippen LogP contribution in [-0.4, -0.2) is 34.0 Å². The van der Waals surface area contributed by atoms with Crippen LogP contribution in [-0.2, 0) is 17.8 Å². The second kappa shape index (κ2) is 6.35. The minimum absolute atomic E-state index is 0.0652. The lowest BCUT2D eigenvalue weighted by molar-refractivity contribution is -0.117. The quantitative estimate of drug-likeness (QED) is 0.931. The van der Waals surface area contributed by atoms with Crippen LogP contribution in [0.4, 0.5) is 5.69 Å². The molecule has 2 aliphatic heterocycles. The van der Waals surface area contributed by atoms with Gasteiger partial charge >= 0.3 is 0 Å². The molecule has 1 N–H and O–H groups in total. The zero-order valence-corrected chi connectivity index (χ0v) is 14.4. The maximum absolute atomic E-state index is 12.5. The highest BCUT2D eigenvalue weighted by molar-refractivity contribution is 5.97. The molecular formula is C19H22N4O2. The Hall–Kier alpha value is -2.63. The van der Waals surface area contributed by atoms with Gasteiger partial charge in [0.25, 0.3) is 5.91 Å². The molecule has 2 aliphatic rings. The largest absolute Gasteiger partial charge is 0.347 e. The Morgan fingerprint density at radius 3 is 2.76 bits per heavy atom. The van der Waals surface area contributed by atoms with E-state index in [2.05, 4.69) is 14.9 Å². The number of imidazole rings is 1. The fourth-order valence-corrected chi connectivity index (χ4v) is 3.69. The molecule has 25 heavy (non-hydrogen) atoms. The van der Waals surface area contributed by atoms with E-state index in [1.165, 1.54) is 0 Å². The minimum Gasteiger partial charge on any atom is -0.347 e. The summed E-state index contributed by atoms with van der Waals surface area (Å²) in [6, 6.07) is 7.43. The number of anilines is 1. The lowest BCUT2D eigenvalue weighted by Gasteiger charge is -2.24. The number of aryl methyl sites for hydroxylation is 2. The number of rotatable bonds is 3. The molecular weight excluding hydrogens is 316 g/mol. The van der Waals surface area contributed by atoms with Gasteiger partial charge in [-0.3, -0.25) is 9.59 Å². The molecule has 0 spiro atoms. The normalized spacial score (nSPS) is 19.8. The molecule has 0 saturated carbocycles. The number of hydrogen-bond donors (Lipinski definition) is 1. The van der Waals surface area contributed by atoms with Crippen molar-refractivity contribution in [1.82, 2.24) is 14.9 Å². The summed E-state index contributed by atoms with van der Waals surface area (Å²) in [5, 5.41) is 3.11. The number of fused-ring (bicyclic) bond motifs is 1. The summed E-state index contributed by atoms with van der Waals surface area (Å²) in [4.78, 5) is 30.6. The number of nitrogens with one attached hydrogen (secondary N) is 1. The average molecular weight is 338 g/mol. The summed E-state index contributed by atoms with van der Waals surface area (Å²) < 4.78 is 2.13. The fourth-order valence-electron chi connectivity index (χ4n) is 3.69. The van der Waals surface area contributed by atoms with Gasteiger partial charge in [0.05, 0.1) is 5.69 Å². The molecule has 2 aromatic rings. The van der Waals surface area contributed by atoms with Gasteiger partial charge in [0.1, 0.15) is 5.82 Å². The van der Waals surface area contributed by atoms with Crippen molar-refractivity contribution in [3.63, 3.8) is 0 Å². The second-order valence-corrected chi connectivity index (χ2v) is 6.86. The number of nitrogens with zero attached hydrogens (tertiary/aromatic N) is 3. The molecule has 2 amide bonds. The van der Waals surface area contributed by atoms with E-state index in [9.17, 15) is 9.59 Å². The van der Waals surface area contributed by atoms with Gasteiger partial charge in [-0.05, 0) is 44.0 Å². The van der Waals surface area contributed by atoms with Crippen LogP contribution >= 0.6 is 0 Å². The standard InChI is InChI=1S/C19H22N4O2/c1-13-11-22-12-15(6-9-17(22)20-13)21-19(25)14-4-7-16(8-5-14)23-10-2-3-18(23)24/h4-5,7-8,11,15H,2-3,6,9-10,12H2,1H3,(H,21,25). The predicted molar refractivity (Wildman–Crippen MR) is 94.6 cm³/mol. The maximum atomic E-state index is 12.5. The lowest BCUT2D eigenvalue weighted by Crippen LogP contribution is -2.40. The van der Waals surface area contributed by atoms with Crippen molar-refractivity contribution in [3.8, 4) is 0 Å². The van der Waals surface area contributed by atoms with Crippen LogP contribution in [0.15, 0.2) is 30.5 Å². The van der Waals surface area contributed by atoms with Crippen molar-refractivity contribution in [2.24, 2.45) is 0 Å².